The van der Waals surface area contributed by atoms with Crippen LogP contribution in [0.2, 0.25) is 0 Å². The molecule has 0 radical (unpaired) electrons. The van der Waals surface area contributed by atoms with E-state index in [9.17, 15) is 26.4 Å². The summed E-state index contributed by atoms with van der Waals surface area (Å²) in [5, 5.41) is 7.00. The number of rotatable bonds is 5. The molecule has 1 saturated heterocycles. The minimum Gasteiger partial charge on any atom is -0.337 e. The maximum atomic E-state index is 13.5. The van der Waals surface area contributed by atoms with E-state index >= 15 is 0 Å². The number of amides is 1. The first kappa shape index (κ1) is 24.7. The number of halogens is 3. The molecule has 4 rings (SSSR count). The molecule has 11 heteroatoms. The number of allylic oxidation sites excluding steroid dienone is 5. The molecule has 7 nitrogen and oxygen atoms in total. The van der Waals surface area contributed by atoms with Gasteiger partial charge in [-0.15, -0.1) is 0 Å². The minimum atomic E-state index is -4.46. The number of hydrogen-bond donors (Lipinski definition) is 1. The molecule has 1 saturated carbocycles. The Morgan fingerprint density at radius 2 is 1.88 bits per heavy atom. The third kappa shape index (κ3) is 4.72. The van der Waals surface area contributed by atoms with Gasteiger partial charge in [-0.05, 0) is 49.5 Å². The van der Waals surface area contributed by atoms with Gasteiger partial charge in [0.2, 0.25) is 10.0 Å². The van der Waals surface area contributed by atoms with Crippen molar-refractivity contribution in [1.29, 1.82) is 0 Å². The molecule has 1 aromatic heterocycles. The predicted octanol–water partition coefficient (Wildman–Crippen LogP) is 3.45. The number of nitrogens with one attached hydrogen (secondary N) is 1. The van der Waals surface area contributed by atoms with Crippen molar-refractivity contribution < 1.29 is 26.4 Å². The fraction of sp³-hybridized carbons (Fsp3) is 0.565. The second-order valence-corrected chi connectivity index (χ2v) is 11.4. The number of carbonyl (C=O) groups excluding carboxylic acids is 1. The van der Waals surface area contributed by atoms with Crippen LogP contribution < -0.4 is 0 Å². The highest BCUT2D eigenvalue weighted by Crippen LogP contribution is 2.47. The van der Waals surface area contributed by atoms with Gasteiger partial charge in [-0.25, -0.2) is 8.42 Å². The van der Waals surface area contributed by atoms with E-state index in [1.807, 2.05) is 0 Å². The quantitative estimate of drug-likeness (QED) is 0.630. The first-order valence-electron chi connectivity index (χ1n) is 11.3. The van der Waals surface area contributed by atoms with Crippen molar-refractivity contribution >= 4 is 15.9 Å². The lowest BCUT2D eigenvalue weighted by atomic mass is 9.90. The van der Waals surface area contributed by atoms with Crippen molar-refractivity contribution in [2.45, 2.75) is 38.9 Å². The van der Waals surface area contributed by atoms with Crippen LogP contribution in [0.1, 0.15) is 41.5 Å². The second-order valence-electron chi connectivity index (χ2n) is 9.40. The van der Waals surface area contributed by atoms with E-state index < -0.39 is 21.8 Å². The van der Waals surface area contributed by atoms with Crippen LogP contribution in [0, 0.1) is 17.8 Å². The van der Waals surface area contributed by atoms with Gasteiger partial charge < -0.3 is 4.90 Å². The highest BCUT2D eigenvalue weighted by atomic mass is 32.2. The summed E-state index contributed by atoms with van der Waals surface area (Å²) in [6.45, 7) is 6.86. The maximum Gasteiger partial charge on any atom is 0.416 e. The molecule has 34 heavy (non-hydrogen) atoms. The van der Waals surface area contributed by atoms with E-state index in [4.69, 9.17) is 0 Å². The fourth-order valence-electron chi connectivity index (χ4n) is 5.45. The number of aromatic nitrogens is 2. The average Bonchev–Trinajstić information content (AvgIpc) is 3.44. The molecule has 3 atom stereocenters. The van der Waals surface area contributed by atoms with Gasteiger partial charge in [-0.3, -0.25) is 9.89 Å². The van der Waals surface area contributed by atoms with E-state index in [2.05, 4.69) is 16.8 Å². The van der Waals surface area contributed by atoms with Crippen LogP contribution in [0.5, 0.6) is 0 Å². The largest absolute Gasteiger partial charge is 0.416 e. The molecule has 2 fully saturated rings. The van der Waals surface area contributed by atoms with Gasteiger partial charge in [-0.1, -0.05) is 24.8 Å². The molecule has 1 N–H and O–H groups in total. The maximum absolute atomic E-state index is 13.5. The fourth-order valence-corrected chi connectivity index (χ4v) is 6.24. The van der Waals surface area contributed by atoms with Crippen LogP contribution in [-0.2, 0) is 23.0 Å². The molecule has 186 valence electrons. The number of hydrogen-bond acceptors (Lipinski definition) is 4. The van der Waals surface area contributed by atoms with E-state index in [0.717, 1.165) is 17.9 Å². The van der Waals surface area contributed by atoms with Crippen molar-refractivity contribution in [3.63, 3.8) is 0 Å². The van der Waals surface area contributed by atoms with Gasteiger partial charge in [0.05, 0.1) is 24.1 Å². The molecular formula is C23H29F3N4O3S. The lowest BCUT2D eigenvalue weighted by Crippen LogP contribution is -2.36. The van der Waals surface area contributed by atoms with Gasteiger partial charge in [0.25, 0.3) is 5.91 Å². The summed E-state index contributed by atoms with van der Waals surface area (Å²) in [6.07, 6.45) is 2.25. The third-order valence-corrected chi connectivity index (χ3v) is 8.46. The number of H-pyrrole nitrogens is 1. The predicted molar refractivity (Wildman–Crippen MR) is 121 cm³/mol. The van der Waals surface area contributed by atoms with Crippen molar-refractivity contribution in [1.82, 2.24) is 19.4 Å². The number of sulfonamides is 1. The molecule has 3 heterocycles. The molecule has 1 aromatic rings. The number of likely N-dealkylation sites (tertiary alicyclic amines) is 1. The van der Waals surface area contributed by atoms with Gasteiger partial charge >= 0.3 is 6.18 Å². The van der Waals surface area contributed by atoms with Crippen LogP contribution in [0.4, 0.5) is 13.2 Å². The Labute approximate surface area is 197 Å². The molecule has 1 amide bonds. The smallest absolute Gasteiger partial charge is 0.337 e. The average molecular weight is 499 g/mol. The normalized spacial score (nSPS) is 26.2. The highest BCUT2D eigenvalue weighted by molar-refractivity contribution is 7.88. The summed E-state index contributed by atoms with van der Waals surface area (Å²) in [7, 11) is -3.33. The standard InChI is InChI=1S/C23H29F3N4O3S/c1-4-5-6-19(23(24,25)26)14(2)15-9-16-11-29(12-17(16)10-15)22(31)21-18-7-8-30(34(3,32)33)13-20(18)27-28-21/h4-6,15-17H,2,7-13H2,1,3H3,(H,27,28)/b5-4-,19-6+/t15?,16-,17+. The minimum absolute atomic E-state index is 0.120. The molecule has 3 aliphatic rings. The topological polar surface area (TPSA) is 86.4 Å². The molecule has 0 aromatic carbocycles. The van der Waals surface area contributed by atoms with Crippen LogP contribution in [0.3, 0.4) is 0 Å². The second kappa shape index (κ2) is 8.99. The zero-order chi connectivity index (χ0) is 24.8. The summed E-state index contributed by atoms with van der Waals surface area (Å²) in [5.74, 6) is -0.223. The first-order valence-corrected chi connectivity index (χ1v) is 13.1. The summed E-state index contributed by atoms with van der Waals surface area (Å²) in [4.78, 5) is 14.9. The Hall–Kier alpha value is -2.40. The SMILES string of the molecule is C=C(/C(=C\C=C/C)C(F)(F)F)C1C[C@@H]2CN(C(=O)c3n[nH]c4c3CCN(S(C)(=O)=O)C4)C[C@@H]2C1. The van der Waals surface area contributed by atoms with E-state index in [0.29, 0.717) is 50.3 Å². The molecule has 0 bridgehead atoms. The van der Waals surface area contributed by atoms with Gasteiger partial charge in [0.15, 0.2) is 5.69 Å². The Morgan fingerprint density at radius 3 is 2.44 bits per heavy atom. The van der Waals surface area contributed by atoms with Gasteiger partial charge in [0.1, 0.15) is 0 Å². The third-order valence-electron chi connectivity index (χ3n) is 7.21. The Bertz CT molecular complexity index is 1140. The molecule has 2 aliphatic heterocycles. The van der Waals surface area contributed by atoms with Crippen molar-refractivity contribution in [3.8, 4) is 0 Å². The number of fused-ring (bicyclic) bond motifs is 2. The summed E-state index contributed by atoms with van der Waals surface area (Å²) >= 11 is 0. The van der Waals surface area contributed by atoms with E-state index in [1.54, 1.807) is 17.9 Å². The van der Waals surface area contributed by atoms with Crippen LogP contribution in [0.15, 0.2) is 36.0 Å². The summed E-state index contributed by atoms with van der Waals surface area (Å²) in [5.41, 5.74) is 1.13. The Balaban J connectivity index is 1.42. The number of aromatic amines is 1. The molecule has 1 aliphatic carbocycles. The van der Waals surface area contributed by atoms with Crippen LogP contribution >= 0.6 is 0 Å². The van der Waals surface area contributed by atoms with Crippen LogP contribution in [-0.4, -0.2) is 65.8 Å². The van der Waals surface area contributed by atoms with Crippen molar-refractivity contribution in [2.75, 3.05) is 25.9 Å². The van der Waals surface area contributed by atoms with Crippen LogP contribution in [0.25, 0.3) is 0 Å². The van der Waals surface area contributed by atoms with E-state index in [1.165, 1.54) is 10.4 Å². The zero-order valence-electron chi connectivity index (χ0n) is 19.2. The van der Waals surface area contributed by atoms with E-state index in [-0.39, 0.29) is 35.8 Å². The number of nitrogens with zero attached hydrogens (tertiary/aromatic N) is 3. The van der Waals surface area contributed by atoms with Crippen molar-refractivity contribution in [3.05, 3.63) is 52.9 Å². The number of alkyl halides is 3. The lowest BCUT2D eigenvalue weighted by molar-refractivity contribution is -0.0900. The molecular weight excluding hydrogens is 469 g/mol. The first-order chi connectivity index (χ1) is 15.9. The lowest BCUT2D eigenvalue weighted by Gasteiger charge is -2.25. The Morgan fingerprint density at radius 1 is 1.24 bits per heavy atom. The van der Waals surface area contributed by atoms with Crippen molar-refractivity contribution in [2.24, 2.45) is 17.8 Å². The molecule has 0 spiro atoms. The molecule has 1 unspecified atom stereocenters. The summed E-state index contributed by atoms with van der Waals surface area (Å²) in [6, 6.07) is 0. The van der Waals surface area contributed by atoms with Gasteiger partial charge in [0, 0.05) is 25.2 Å². The number of carbonyl (C=O) groups is 1. The Kier molecular flexibility index (Phi) is 6.54. The monoisotopic (exact) mass is 498 g/mol. The zero-order valence-corrected chi connectivity index (χ0v) is 20.0. The summed E-state index contributed by atoms with van der Waals surface area (Å²) < 4.78 is 65.6. The highest BCUT2D eigenvalue weighted by Gasteiger charge is 2.46. The van der Waals surface area contributed by atoms with Gasteiger partial charge in [-0.2, -0.15) is 22.6 Å².